The SMILES string of the molecule is O=[S+][C@]1(c2ccccc2)N(c2ccccc2)C(=O)[C@@]1([N-]c1ccccc1)c1ccccc1. The van der Waals surface area contributed by atoms with Crippen molar-refractivity contribution in [2.75, 3.05) is 4.90 Å². The highest BCUT2D eigenvalue weighted by atomic mass is 32.1. The van der Waals surface area contributed by atoms with Crippen LogP contribution in [0.25, 0.3) is 5.32 Å². The molecule has 0 bridgehead atoms. The molecule has 0 spiro atoms. The van der Waals surface area contributed by atoms with Gasteiger partial charge in [0.25, 0.3) is 0 Å². The van der Waals surface area contributed by atoms with Gasteiger partial charge in [0.05, 0.1) is 5.54 Å². The van der Waals surface area contributed by atoms with E-state index in [-0.39, 0.29) is 5.91 Å². The number of hydrogen-bond acceptors (Lipinski definition) is 2. The third kappa shape index (κ3) is 2.78. The van der Waals surface area contributed by atoms with Crippen LogP contribution in [0.4, 0.5) is 11.4 Å². The van der Waals surface area contributed by atoms with Crippen molar-refractivity contribution in [3.8, 4) is 0 Å². The smallest absolute Gasteiger partial charge is 0.495 e. The van der Waals surface area contributed by atoms with E-state index in [1.807, 2.05) is 121 Å². The number of rotatable bonds is 6. The summed E-state index contributed by atoms with van der Waals surface area (Å²) in [5.41, 5.74) is 1.31. The molecule has 5 rings (SSSR count). The number of nitrogens with zero attached hydrogens (tertiary/aromatic N) is 2. The van der Waals surface area contributed by atoms with Gasteiger partial charge in [-0.25, -0.2) is 4.90 Å². The van der Waals surface area contributed by atoms with Crippen LogP contribution in [0.3, 0.4) is 0 Å². The predicted octanol–water partition coefficient (Wildman–Crippen LogP) is 5.92. The van der Waals surface area contributed by atoms with Crippen molar-refractivity contribution < 1.29 is 9.00 Å². The minimum absolute atomic E-state index is 0.231. The normalized spacial score (nSPS) is 22.1. The fraction of sp³-hybridized carbons (Fsp3) is 0.0741. The number of para-hydroxylation sites is 2. The number of carbonyl (C=O) groups excluding carboxylic acids is 1. The van der Waals surface area contributed by atoms with Crippen molar-refractivity contribution in [2.45, 2.75) is 10.4 Å². The monoisotopic (exact) mass is 436 g/mol. The molecule has 1 aliphatic heterocycles. The molecule has 0 radical (unpaired) electrons. The number of benzene rings is 4. The first kappa shape index (κ1) is 20.1. The van der Waals surface area contributed by atoms with Crippen LogP contribution >= 0.6 is 0 Å². The summed E-state index contributed by atoms with van der Waals surface area (Å²) in [4.78, 5) is 14.4. The number of hydrogen-bond donors (Lipinski definition) is 0. The van der Waals surface area contributed by atoms with E-state index in [1.54, 1.807) is 4.90 Å². The van der Waals surface area contributed by atoms with Crippen LogP contribution in [-0.4, -0.2) is 5.91 Å². The summed E-state index contributed by atoms with van der Waals surface area (Å²) >= 11 is 0.401. The van der Waals surface area contributed by atoms with Crippen LogP contribution in [0.15, 0.2) is 121 Å². The summed E-state index contributed by atoms with van der Waals surface area (Å²) in [7, 11) is 0. The Bertz CT molecular complexity index is 1200. The lowest BCUT2D eigenvalue weighted by molar-refractivity contribution is -0.132. The predicted molar refractivity (Wildman–Crippen MR) is 128 cm³/mol. The standard InChI is InChI=1S/C27H20N2O2S/c30-25-26(21-13-5-1-6-14-21,28-23-17-9-3-10-18-23)27(32-31,22-15-7-2-8-16-22)29(25)24-19-11-4-12-20-24/h1-20H/t26-,27-/m0/s1. The first-order valence-corrected chi connectivity index (χ1v) is 11.1. The second-order valence-electron chi connectivity index (χ2n) is 7.59. The molecule has 4 aromatic carbocycles. The second-order valence-corrected chi connectivity index (χ2v) is 8.35. The largest absolute Gasteiger partial charge is 0.661 e. The Morgan fingerprint density at radius 3 is 1.62 bits per heavy atom. The maximum atomic E-state index is 14.1. The third-order valence-electron chi connectivity index (χ3n) is 5.86. The van der Waals surface area contributed by atoms with Crippen LogP contribution in [-0.2, 0) is 31.1 Å². The van der Waals surface area contributed by atoms with Gasteiger partial charge >= 0.3 is 16.5 Å². The molecular weight excluding hydrogens is 416 g/mol. The lowest BCUT2D eigenvalue weighted by Gasteiger charge is -2.62. The molecule has 32 heavy (non-hydrogen) atoms. The second kappa shape index (κ2) is 8.02. The van der Waals surface area contributed by atoms with E-state index >= 15 is 0 Å². The molecular formula is C27H20N2O2S. The minimum atomic E-state index is -1.42. The molecule has 1 fully saturated rings. The van der Waals surface area contributed by atoms with E-state index in [2.05, 4.69) is 0 Å². The van der Waals surface area contributed by atoms with Gasteiger partial charge in [0.15, 0.2) is 0 Å². The Morgan fingerprint density at radius 1 is 0.625 bits per heavy atom. The first-order chi connectivity index (χ1) is 15.7. The molecule has 0 saturated carbocycles. The molecule has 1 heterocycles. The molecule has 0 unspecified atom stereocenters. The van der Waals surface area contributed by atoms with Crippen molar-refractivity contribution in [2.24, 2.45) is 0 Å². The maximum absolute atomic E-state index is 14.1. The summed E-state index contributed by atoms with van der Waals surface area (Å²) in [6.07, 6.45) is 0. The number of β-lactam (4-membered cyclic amide) rings is 1. The summed E-state index contributed by atoms with van der Waals surface area (Å²) < 4.78 is 13.2. The van der Waals surface area contributed by atoms with Gasteiger partial charge in [-0.3, -0.25) is 4.79 Å². The molecule has 4 aromatic rings. The highest BCUT2D eigenvalue weighted by Gasteiger charge is 2.78. The molecule has 1 amide bonds. The molecule has 2 atom stereocenters. The number of amides is 1. The fourth-order valence-electron chi connectivity index (χ4n) is 4.47. The summed E-state index contributed by atoms with van der Waals surface area (Å²) in [5, 5.41) is 5.01. The lowest BCUT2D eigenvalue weighted by Crippen LogP contribution is -2.78. The van der Waals surface area contributed by atoms with Gasteiger partial charge in [0, 0.05) is 15.5 Å². The molecule has 0 N–H and O–H groups in total. The Balaban J connectivity index is 1.81. The Morgan fingerprint density at radius 2 is 1.09 bits per heavy atom. The van der Waals surface area contributed by atoms with E-state index in [1.165, 1.54) is 0 Å². The Hall–Kier alpha value is -3.83. The van der Waals surface area contributed by atoms with E-state index in [0.717, 1.165) is 5.56 Å². The zero-order valence-electron chi connectivity index (χ0n) is 17.2. The Labute approximate surface area is 191 Å². The van der Waals surface area contributed by atoms with Gasteiger partial charge in [-0.1, -0.05) is 109 Å². The van der Waals surface area contributed by atoms with Gasteiger partial charge in [-0.05, 0) is 17.7 Å². The van der Waals surface area contributed by atoms with Crippen molar-refractivity contribution in [3.63, 3.8) is 0 Å². The molecule has 156 valence electrons. The molecule has 0 aromatic heterocycles. The highest BCUT2D eigenvalue weighted by Crippen LogP contribution is 2.62. The van der Waals surface area contributed by atoms with Gasteiger partial charge in [0.2, 0.25) is 5.91 Å². The minimum Gasteiger partial charge on any atom is -0.661 e. The lowest BCUT2D eigenvalue weighted by atomic mass is 9.69. The zero-order valence-corrected chi connectivity index (χ0v) is 18.0. The topological polar surface area (TPSA) is 51.5 Å². The van der Waals surface area contributed by atoms with E-state index < -0.39 is 10.4 Å². The number of carbonyl (C=O) groups is 1. The van der Waals surface area contributed by atoms with Gasteiger partial charge in [-0.2, -0.15) is 0 Å². The molecule has 1 saturated heterocycles. The fourth-order valence-corrected chi connectivity index (χ4v) is 5.33. The maximum Gasteiger partial charge on any atom is 0.495 e. The summed E-state index contributed by atoms with van der Waals surface area (Å²) in [5.74, 6) is -0.231. The zero-order chi connectivity index (χ0) is 22.0. The summed E-state index contributed by atoms with van der Waals surface area (Å²) in [6, 6.07) is 37.6. The van der Waals surface area contributed by atoms with E-state index in [4.69, 9.17) is 5.32 Å². The van der Waals surface area contributed by atoms with Crippen LogP contribution < -0.4 is 4.90 Å². The molecule has 1 aliphatic rings. The molecule has 0 aliphatic carbocycles. The van der Waals surface area contributed by atoms with Crippen molar-refractivity contribution >= 4 is 28.9 Å². The quantitative estimate of drug-likeness (QED) is 0.278. The van der Waals surface area contributed by atoms with Crippen LogP contribution in [0, 0.1) is 0 Å². The van der Waals surface area contributed by atoms with Crippen molar-refractivity contribution in [1.82, 2.24) is 0 Å². The average Bonchev–Trinajstić information content (AvgIpc) is 2.87. The first-order valence-electron chi connectivity index (χ1n) is 10.3. The average molecular weight is 437 g/mol. The van der Waals surface area contributed by atoms with E-state index in [0.29, 0.717) is 28.6 Å². The van der Waals surface area contributed by atoms with Crippen LogP contribution in [0.1, 0.15) is 11.1 Å². The molecule has 5 heteroatoms. The third-order valence-corrected chi connectivity index (χ3v) is 6.82. The van der Waals surface area contributed by atoms with Crippen LogP contribution in [0.2, 0.25) is 0 Å². The Kier molecular flexibility index (Phi) is 5.04. The van der Waals surface area contributed by atoms with Gasteiger partial charge in [0.1, 0.15) is 0 Å². The molecule has 4 nitrogen and oxygen atoms in total. The van der Waals surface area contributed by atoms with Gasteiger partial charge < -0.3 is 5.32 Å². The number of anilines is 1. The summed E-state index contributed by atoms with van der Waals surface area (Å²) in [6.45, 7) is 0. The van der Waals surface area contributed by atoms with Gasteiger partial charge in [-0.15, -0.1) is 5.69 Å². The van der Waals surface area contributed by atoms with Crippen molar-refractivity contribution in [1.29, 1.82) is 0 Å². The van der Waals surface area contributed by atoms with Crippen LogP contribution in [0.5, 0.6) is 0 Å². The van der Waals surface area contributed by atoms with Crippen molar-refractivity contribution in [3.05, 3.63) is 138 Å². The van der Waals surface area contributed by atoms with E-state index in [9.17, 15) is 9.00 Å². The highest BCUT2D eigenvalue weighted by molar-refractivity contribution is 7.67.